The summed E-state index contributed by atoms with van der Waals surface area (Å²) in [7, 11) is -13.4. The van der Waals surface area contributed by atoms with Crippen molar-refractivity contribution in [2.45, 2.75) is 14.7 Å². The van der Waals surface area contributed by atoms with Gasteiger partial charge in [-0.2, -0.15) is 31.8 Å². The first-order valence-electron chi connectivity index (χ1n) is 13.9. The standard InChI is InChI=1S/C27H22ClN7O13S4/c28-25-31-26(29-16-7-9-18(10-8-16)50(38,39)12-11-46-52(43,44)45)33-27(32-25)30-17-6-5-15-13-21(49-48-47-37)23(24(36)19(15)14-17)35-34-20-3-1-2-4-22(20)51(40,41)42/h1-10,13-14,36-37H,11-12H2,(H,40,41,42)(H,43,44,45)(H2,29,30,31,32,33). The van der Waals surface area contributed by atoms with Gasteiger partial charge >= 0.3 is 10.4 Å². The fourth-order valence-electron chi connectivity index (χ4n) is 4.33. The Morgan fingerprint density at radius 2 is 1.48 bits per heavy atom. The number of nitrogens with one attached hydrogen (secondary N) is 2. The highest BCUT2D eigenvalue weighted by Gasteiger charge is 2.19. The highest BCUT2D eigenvalue weighted by Crippen LogP contribution is 2.45. The first-order chi connectivity index (χ1) is 24.5. The molecule has 0 aliphatic heterocycles. The van der Waals surface area contributed by atoms with Crippen LogP contribution in [0.1, 0.15) is 0 Å². The van der Waals surface area contributed by atoms with E-state index >= 15 is 0 Å². The molecule has 5 rings (SSSR count). The minimum Gasteiger partial charge on any atom is -0.505 e. The number of rotatable bonds is 15. The number of azo groups is 1. The number of aromatic hydroxyl groups is 1. The van der Waals surface area contributed by atoms with Crippen LogP contribution in [0.4, 0.5) is 34.6 Å². The van der Waals surface area contributed by atoms with Gasteiger partial charge in [-0.25, -0.2) is 17.9 Å². The van der Waals surface area contributed by atoms with Crippen LogP contribution in [0.5, 0.6) is 5.75 Å². The summed E-state index contributed by atoms with van der Waals surface area (Å²) in [5.74, 6) is -1.27. The third kappa shape index (κ3) is 10.0. The van der Waals surface area contributed by atoms with Crippen molar-refractivity contribution in [3.63, 3.8) is 0 Å². The summed E-state index contributed by atoms with van der Waals surface area (Å²) in [4.78, 5) is 11.7. The average Bonchev–Trinajstić information content (AvgIpc) is 3.06. The van der Waals surface area contributed by atoms with E-state index in [1.54, 1.807) is 12.1 Å². The number of halogens is 1. The maximum atomic E-state index is 12.5. The molecule has 0 spiro atoms. The number of hydrogen-bond donors (Lipinski definition) is 6. The summed E-state index contributed by atoms with van der Waals surface area (Å²) in [6.45, 7) is -0.784. The van der Waals surface area contributed by atoms with Crippen LogP contribution in [0.15, 0.2) is 97.7 Å². The molecule has 4 aromatic carbocycles. The maximum Gasteiger partial charge on any atom is 0.397 e. The lowest BCUT2D eigenvalue weighted by Gasteiger charge is -2.12. The number of hydrogen-bond acceptors (Lipinski definition) is 19. The fourth-order valence-corrected chi connectivity index (χ4v) is 7.09. The summed E-state index contributed by atoms with van der Waals surface area (Å²) in [5.41, 5.74) is 0.202. The molecule has 1 aromatic heterocycles. The number of aromatic nitrogens is 3. The van der Waals surface area contributed by atoms with Crippen molar-refractivity contribution in [2.75, 3.05) is 23.0 Å². The topological polar surface area (TPSA) is 298 Å². The Kier molecular flexibility index (Phi) is 11.9. The zero-order chi connectivity index (χ0) is 37.7. The Morgan fingerprint density at radius 1 is 0.827 bits per heavy atom. The van der Waals surface area contributed by atoms with Gasteiger partial charge in [0.1, 0.15) is 16.3 Å². The highest BCUT2D eigenvalue weighted by atomic mass is 35.5. The largest absolute Gasteiger partial charge is 0.505 e. The van der Waals surface area contributed by atoms with Gasteiger partial charge in [-0.15, -0.1) is 14.6 Å². The van der Waals surface area contributed by atoms with Gasteiger partial charge in [0.05, 0.1) is 34.2 Å². The summed E-state index contributed by atoms with van der Waals surface area (Å²) >= 11 is 6.58. The number of phenolic OH excluding ortho intramolecular Hbond substituents is 1. The molecule has 0 aliphatic carbocycles. The molecule has 0 atom stereocenters. The van der Waals surface area contributed by atoms with Crippen LogP contribution in [0.2, 0.25) is 5.28 Å². The van der Waals surface area contributed by atoms with Gasteiger partial charge < -0.3 is 15.7 Å². The molecule has 0 aliphatic rings. The number of nitrogens with zero attached hydrogens (tertiary/aromatic N) is 5. The first-order valence-corrected chi connectivity index (χ1v) is 19.4. The molecule has 0 bridgehead atoms. The van der Waals surface area contributed by atoms with Gasteiger partial charge in [-0.05, 0) is 71.6 Å². The van der Waals surface area contributed by atoms with Gasteiger partial charge in [0.2, 0.25) is 17.2 Å². The molecule has 20 nitrogen and oxygen atoms in total. The highest BCUT2D eigenvalue weighted by molar-refractivity contribution is 7.94. The van der Waals surface area contributed by atoms with Crippen LogP contribution >= 0.6 is 23.6 Å². The van der Waals surface area contributed by atoms with Gasteiger partial charge in [0.25, 0.3) is 10.1 Å². The Morgan fingerprint density at radius 3 is 2.13 bits per heavy atom. The number of phenols is 1. The van der Waals surface area contributed by atoms with Crippen LogP contribution in [-0.4, -0.2) is 72.0 Å². The van der Waals surface area contributed by atoms with E-state index in [0.29, 0.717) is 28.8 Å². The molecule has 1 heterocycles. The van der Waals surface area contributed by atoms with Gasteiger partial charge in [-0.1, -0.05) is 23.2 Å². The van der Waals surface area contributed by atoms with E-state index in [-0.39, 0.29) is 43.7 Å². The monoisotopic (exact) mass is 815 g/mol. The lowest BCUT2D eigenvalue weighted by Crippen LogP contribution is -2.15. The Labute approximate surface area is 303 Å². The molecule has 0 radical (unpaired) electrons. The summed E-state index contributed by atoms with van der Waals surface area (Å²) in [6, 6.07) is 16.6. The third-order valence-electron chi connectivity index (χ3n) is 6.53. The average molecular weight is 816 g/mol. The van der Waals surface area contributed by atoms with Crippen molar-refractivity contribution in [1.29, 1.82) is 0 Å². The van der Waals surface area contributed by atoms with E-state index in [1.807, 2.05) is 0 Å². The normalized spacial score (nSPS) is 12.4. The number of fused-ring (bicyclic) bond motifs is 1. The number of anilines is 4. The van der Waals surface area contributed by atoms with E-state index in [1.165, 1.54) is 54.6 Å². The van der Waals surface area contributed by atoms with Crippen LogP contribution < -0.4 is 10.6 Å². The SMILES string of the molecule is O=S(=O)(O)OCCS(=O)(=O)c1ccc(Nc2nc(Cl)nc(Nc3ccc4cc(SOOO)c(N=Nc5ccccc5S(=O)(=O)O)c(O)c4c3)n2)cc1. The molecule has 52 heavy (non-hydrogen) atoms. The van der Waals surface area contributed by atoms with Crippen molar-refractivity contribution in [3.8, 4) is 5.75 Å². The Hall–Kier alpha value is -4.60. The molecule has 0 saturated carbocycles. The second-order valence-electron chi connectivity index (χ2n) is 9.97. The van der Waals surface area contributed by atoms with Crippen LogP contribution in [0.25, 0.3) is 10.8 Å². The lowest BCUT2D eigenvalue weighted by molar-refractivity contribution is -0.432. The molecule has 25 heteroatoms. The zero-order valence-electron chi connectivity index (χ0n) is 25.6. The van der Waals surface area contributed by atoms with Crippen molar-refractivity contribution < 1.29 is 58.3 Å². The third-order valence-corrected chi connectivity index (χ3v) is 10.4. The van der Waals surface area contributed by atoms with Crippen LogP contribution in [0, 0.1) is 0 Å². The first kappa shape index (κ1) is 38.6. The summed E-state index contributed by atoms with van der Waals surface area (Å²) in [5, 5.41) is 37.6. The lowest BCUT2D eigenvalue weighted by atomic mass is 10.1. The summed E-state index contributed by atoms with van der Waals surface area (Å²) in [6.07, 6.45) is 0. The van der Waals surface area contributed by atoms with Crippen molar-refractivity contribution in [3.05, 3.63) is 78.1 Å². The van der Waals surface area contributed by atoms with Crippen molar-refractivity contribution in [2.24, 2.45) is 10.2 Å². The Bertz CT molecular complexity index is 2490. The van der Waals surface area contributed by atoms with E-state index in [2.05, 4.69) is 49.4 Å². The van der Waals surface area contributed by atoms with E-state index in [4.69, 9.17) is 21.4 Å². The zero-order valence-corrected chi connectivity index (χ0v) is 29.6. The van der Waals surface area contributed by atoms with E-state index in [0.717, 1.165) is 6.07 Å². The van der Waals surface area contributed by atoms with E-state index in [9.17, 15) is 34.9 Å². The summed E-state index contributed by atoms with van der Waals surface area (Å²) < 4.78 is 96.6. The smallest absolute Gasteiger partial charge is 0.397 e. The predicted octanol–water partition coefficient (Wildman–Crippen LogP) is 5.55. The predicted molar refractivity (Wildman–Crippen MR) is 184 cm³/mol. The fraction of sp³-hybridized carbons (Fsp3) is 0.0741. The molecule has 6 N–H and O–H groups in total. The number of sulfone groups is 1. The molecular formula is C27H22ClN7O13S4. The van der Waals surface area contributed by atoms with Crippen LogP contribution in [0.3, 0.4) is 0 Å². The van der Waals surface area contributed by atoms with E-state index < -0.39 is 53.4 Å². The Balaban J connectivity index is 1.39. The van der Waals surface area contributed by atoms with Crippen molar-refractivity contribution >= 4 is 99.4 Å². The van der Waals surface area contributed by atoms with Crippen molar-refractivity contribution in [1.82, 2.24) is 15.0 Å². The maximum absolute atomic E-state index is 12.5. The van der Waals surface area contributed by atoms with Gasteiger partial charge in [-0.3, -0.25) is 9.11 Å². The molecule has 0 amide bonds. The molecule has 5 aromatic rings. The molecule has 0 fully saturated rings. The number of benzene rings is 4. The molecule has 0 unspecified atom stereocenters. The minimum absolute atomic E-state index is 0.0519. The quantitative estimate of drug-likeness (QED) is 0.0248. The molecule has 274 valence electrons. The molecule has 0 saturated heterocycles. The van der Waals surface area contributed by atoms with Crippen LogP contribution in [-0.2, 0) is 43.9 Å². The van der Waals surface area contributed by atoms with Gasteiger partial charge in [0.15, 0.2) is 15.6 Å². The minimum atomic E-state index is -4.80. The second-order valence-corrected chi connectivity index (χ2v) is 15.6. The van der Waals surface area contributed by atoms with Gasteiger partial charge in [0, 0.05) is 16.8 Å². The second kappa shape index (κ2) is 16.0. The molecular weight excluding hydrogens is 794 g/mol.